The van der Waals surface area contributed by atoms with Gasteiger partial charge in [-0.05, 0) is 67.8 Å². The number of ether oxygens (including phenoxy) is 3. The predicted molar refractivity (Wildman–Crippen MR) is 118 cm³/mol. The molecule has 31 heavy (non-hydrogen) atoms. The van der Waals surface area contributed by atoms with E-state index in [2.05, 4.69) is 10.5 Å². The molecule has 2 aromatic carbocycles. The number of nitrogens with one attached hydrogen (secondary N) is 1. The Balaban J connectivity index is 1.61. The number of methoxy groups -OCH3 is 1. The number of amides is 1. The van der Waals surface area contributed by atoms with Crippen molar-refractivity contribution in [2.75, 3.05) is 13.7 Å². The van der Waals surface area contributed by atoms with E-state index < -0.39 is 5.97 Å². The Morgan fingerprint density at radius 1 is 1.06 bits per heavy atom. The van der Waals surface area contributed by atoms with Gasteiger partial charge in [0.05, 0.1) is 25.5 Å². The van der Waals surface area contributed by atoms with Gasteiger partial charge in [-0.15, -0.1) is 0 Å². The first kappa shape index (κ1) is 22.3. The molecule has 1 saturated carbocycles. The zero-order valence-corrected chi connectivity index (χ0v) is 17.9. The number of benzene rings is 2. The molecule has 0 aromatic heterocycles. The summed E-state index contributed by atoms with van der Waals surface area (Å²) in [5, 5.41) is 4.05. The lowest BCUT2D eigenvalue weighted by molar-refractivity contribution is -0.125. The highest BCUT2D eigenvalue weighted by atomic mass is 16.6. The maximum Gasteiger partial charge on any atom is 0.343 e. The highest BCUT2D eigenvalue weighted by molar-refractivity contribution is 5.92. The molecule has 2 aromatic rings. The van der Waals surface area contributed by atoms with E-state index in [-0.39, 0.29) is 11.8 Å². The van der Waals surface area contributed by atoms with Gasteiger partial charge in [0, 0.05) is 5.92 Å². The van der Waals surface area contributed by atoms with Crippen LogP contribution in [-0.2, 0) is 4.79 Å². The van der Waals surface area contributed by atoms with Crippen molar-refractivity contribution in [3.8, 4) is 17.2 Å². The van der Waals surface area contributed by atoms with E-state index in [1.807, 2.05) is 6.92 Å². The van der Waals surface area contributed by atoms with Crippen LogP contribution in [0.5, 0.6) is 17.2 Å². The number of carbonyl (C=O) groups is 2. The van der Waals surface area contributed by atoms with E-state index in [0.717, 1.165) is 25.7 Å². The smallest absolute Gasteiger partial charge is 0.343 e. The Morgan fingerprint density at radius 2 is 1.81 bits per heavy atom. The van der Waals surface area contributed by atoms with Gasteiger partial charge in [-0.25, -0.2) is 10.2 Å². The SMILES string of the molecule is CCOc1ccc(C(=O)Oc2ccc(/C=N/NC(=O)C3CCCCC3)cc2OC)cc1. The van der Waals surface area contributed by atoms with Gasteiger partial charge in [0.1, 0.15) is 5.75 Å². The van der Waals surface area contributed by atoms with Crippen LogP contribution in [0.4, 0.5) is 0 Å². The lowest BCUT2D eigenvalue weighted by Gasteiger charge is -2.19. The number of esters is 1. The van der Waals surface area contributed by atoms with Crippen LogP contribution < -0.4 is 19.6 Å². The van der Waals surface area contributed by atoms with E-state index in [1.165, 1.54) is 13.5 Å². The largest absolute Gasteiger partial charge is 0.494 e. The molecule has 0 unspecified atom stereocenters. The van der Waals surface area contributed by atoms with Crippen molar-refractivity contribution >= 4 is 18.1 Å². The summed E-state index contributed by atoms with van der Waals surface area (Å²) in [6, 6.07) is 11.8. The summed E-state index contributed by atoms with van der Waals surface area (Å²) in [7, 11) is 1.50. The molecule has 1 aliphatic carbocycles. The lowest BCUT2D eigenvalue weighted by atomic mass is 9.89. The van der Waals surface area contributed by atoms with Crippen LogP contribution in [0.1, 0.15) is 54.9 Å². The average Bonchev–Trinajstić information content (AvgIpc) is 2.81. The van der Waals surface area contributed by atoms with Gasteiger partial charge in [-0.1, -0.05) is 19.3 Å². The number of carbonyl (C=O) groups excluding carboxylic acids is 2. The van der Waals surface area contributed by atoms with Crippen LogP contribution >= 0.6 is 0 Å². The van der Waals surface area contributed by atoms with Crippen LogP contribution in [0, 0.1) is 5.92 Å². The van der Waals surface area contributed by atoms with Crippen LogP contribution in [0.2, 0.25) is 0 Å². The maximum absolute atomic E-state index is 12.4. The van der Waals surface area contributed by atoms with Crippen molar-refractivity contribution in [3.05, 3.63) is 53.6 Å². The first-order chi connectivity index (χ1) is 15.1. The summed E-state index contributed by atoms with van der Waals surface area (Å²) in [6.45, 7) is 2.45. The Kier molecular flexibility index (Phi) is 8.04. The molecule has 7 heteroatoms. The van der Waals surface area contributed by atoms with E-state index in [4.69, 9.17) is 14.2 Å². The molecule has 1 N–H and O–H groups in total. The zero-order chi connectivity index (χ0) is 22.1. The van der Waals surface area contributed by atoms with Crippen LogP contribution in [0.3, 0.4) is 0 Å². The lowest BCUT2D eigenvalue weighted by Crippen LogP contribution is -2.28. The summed E-state index contributed by atoms with van der Waals surface area (Å²) >= 11 is 0. The van der Waals surface area contributed by atoms with Crippen molar-refractivity contribution in [2.45, 2.75) is 39.0 Å². The molecule has 0 saturated heterocycles. The molecule has 1 fully saturated rings. The van der Waals surface area contributed by atoms with Gasteiger partial charge in [-0.3, -0.25) is 4.79 Å². The Bertz CT molecular complexity index is 918. The second-order valence-electron chi connectivity index (χ2n) is 7.33. The van der Waals surface area contributed by atoms with E-state index in [0.29, 0.717) is 35.0 Å². The zero-order valence-electron chi connectivity index (χ0n) is 17.9. The molecule has 164 valence electrons. The molecule has 0 heterocycles. The molecule has 1 aliphatic rings. The summed E-state index contributed by atoms with van der Waals surface area (Å²) in [6.07, 6.45) is 6.77. The number of hydrogen-bond donors (Lipinski definition) is 1. The van der Waals surface area contributed by atoms with Crippen LogP contribution in [-0.4, -0.2) is 31.8 Å². The fraction of sp³-hybridized carbons (Fsp3) is 0.375. The van der Waals surface area contributed by atoms with Gasteiger partial charge >= 0.3 is 5.97 Å². The van der Waals surface area contributed by atoms with Gasteiger partial charge in [0.25, 0.3) is 0 Å². The van der Waals surface area contributed by atoms with Crippen LogP contribution in [0.25, 0.3) is 0 Å². The molecule has 1 amide bonds. The minimum atomic E-state index is -0.498. The molecule has 0 bridgehead atoms. The third kappa shape index (κ3) is 6.31. The first-order valence-corrected chi connectivity index (χ1v) is 10.6. The van der Waals surface area contributed by atoms with E-state index >= 15 is 0 Å². The van der Waals surface area contributed by atoms with Gasteiger partial charge < -0.3 is 14.2 Å². The minimum Gasteiger partial charge on any atom is -0.494 e. The van der Waals surface area contributed by atoms with Gasteiger partial charge in [0.15, 0.2) is 11.5 Å². The average molecular weight is 424 g/mol. The summed E-state index contributed by atoms with van der Waals surface area (Å²) in [5.41, 5.74) is 3.73. The summed E-state index contributed by atoms with van der Waals surface area (Å²) < 4.78 is 16.2. The third-order valence-corrected chi connectivity index (χ3v) is 5.16. The monoisotopic (exact) mass is 424 g/mol. The fourth-order valence-electron chi connectivity index (χ4n) is 3.49. The molecule has 0 radical (unpaired) electrons. The number of hydrazone groups is 1. The van der Waals surface area contributed by atoms with Crippen molar-refractivity contribution in [1.82, 2.24) is 5.43 Å². The summed E-state index contributed by atoms with van der Waals surface area (Å²) in [5.74, 6) is 0.888. The standard InChI is InChI=1S/C24H28N2O5/c1-3-30-20-12-10-19(11-13-20)24(28)31-21-14-9-17(15-22(21)29-2)16-25-26-23(27)18-7-5-4-6-8-18/h9-16,18H,3-8H2,1-2H3,(H,26,27)/b25-16+. The Hall–Kier alpha value is -3.35. The number of rotatable bonds is 8. The van der Waals surface area contributed by atoms with Crippen molar-refractivity contribution < 1.29 is 23.8 Å². The number of hydrogen-bond acceptors (Lipinski definition) is 6. The molecule has 0 spiro atoms. The molecule has 7 nitrogen and oxygen atoms in total. The number of nitrogens with zero attached hydrogens (tertiary/aromatic N) is 1. The topological polar surface area (TPSA) is 86.2 Å². The fourth-order valence-corrected chi connectivity index (χ4v) is 3.49. The minimum absolute atomic E-state index is 0.0381. The first-order valence-electron chi connectivity index (χ1n) is 10.6. The molecule has 3 rings (SSSR count). The molecular formula is C24H28N2O5. The van der Waals surface area contributed by atoms with Crippen molar-refractivity contribution in [1.29, 1.82) is 0 Å². The van der Waals surface area contributed by atoms with Crippen LogP contribution in [0.15, 0.2) is 47.6 Å². The molecule has 0 aliphatic heterocycles. The van der Waals surface area contributed by atoms with Crippen molar-refractivity contribution in [2.24, 2.45) is 11.0 Å². The molecular weight excluding hydrogens is 396 g/mol. The van der Waals surface area contributed by atoms with Gasteiger partial charge in [-0.2, -0.15) is 5.10 Å². The van der Waals surface area contributed by atoms with Gasteiger partial charge in [0.2, 0.25) is 5.91 Å². The highest BCUT2D eigenvalue weighted by Gasteiger charge is 2.20. The Morgan fingerprint density at radius 3 is 2.48 bits per heavy atom. The Labute approximate surface area is 182 Å². The van der Waals surface area contributed by atoms with Crippen molar-refractivity contribution in [3.63, 3.8) is 0 Å². The second kappa shape index (κ2) is 11.2. The quantitative estimate of drug-likeness (QED) is 0.295. The third-order valence-electron chi connectivity index (χ3n) is 5.16. The second-order valence-corrected chi connectivity index (χ2v) is 7.33. The van der Waals surface area contributed by atoms with E-state index in [9.17, 15) is 9.59 Å². The normalized spacial score (nSPS) is 14.3. The predicted octanol–water partition coefficient (Wildman–Crippen LogP) is 4.34. The summed E-state index contributed by atoms with van der Waals surface area (Å²) in [4.78, 5) is 24.6. The maximum atomic E-state index is 12.4. The van der Waals surface area contributed by atoms with E-state index in [1.54, 1.807) is 48.7 Å². The molecule has 0 atom stereocenters. The highest BCUT2D eigenvalue weighted by Crippen LogP contribution is 2.29.